The summed E-state index contributed by atoms with van der Waals surface area (Å²) in [7, 11) is -2.64. The van der Waals surface area contributed by atoms with Gasteiger partial charge in [0.25, 0.3) is 8.32 Å². The lowest BCUT2D eigenvalue weighted by Gasteiger charge is -2.43. The molecule has 3 atom stereocenters. The third kappa shape index (κ3) is 3.70. The zero-order chi connectivity index (χ0) is 21.6. The predicted molar refractivity (Wildman–Crippen MR) is 121 cm³/mol. The molecule has 2 aliphatic rings. The molecule has 0 spiro atoms. The van der Waals surface area contributed by atoms with Crippen LogP contribution in [0, 0.1) is 0 Å². The number of aliphatic hydroxyl groups excluding tert-OH is 1. The first-order valence-corrected chi connectivity index (χ1v) is 12.5. The monoisotopic (exact) mass is 424 g/mol. The summed E-state index contributed by atoms with van der Waals surface area (Å²) in [5.74, 6) is -0.701. The maximum atomic E-state index is 10.5. The minimum absolute atomic E-state index is 0.0980. The molecule has 160 valence electrons. The van der Waals surface area contributed by atoms with Gasteiger partial charge in [0.2, 0.25) is 0 Å². The normalized spacial score (nSPS) is 25.8. The maximum absolute atomic E-state index is 10.5. The van der Waals surface area contributed by atoms with Crippen LogP contribution in [0.15, 0.2) is 72.3 Å². The van der Waals surface area contributed by atoms with Gasteiger partial charge in [-0.2, -0.15) is 0 Å². The minimum Gasteiger partial charge on any atom is -0.403 e. The van der Waals surface area contributed by atoms with Crippen LogP contribution in [0.2, 0.25) is 5.04 Å². The molecule has 30 heavy (non-hydrogen) atoms. The van der Waals surface area contributed by atoms with E-state index in [4.69, 9.17) is 13.9 Å². The van der Waals surface area contributed by atoms with Crippen LogP contribution in [0.25, 0.3) is 0 Å². The second-order valence-corrected chi connectivity index (χ2v) is 14.0. The highest BCUT2D eigenvalue weighted by Gasteiger charge is 2.53. The zero-order valence-corrected chi connectivity index (χ0v) is 19.5. The molecule has 1 heterocycles. The van der Waals surface area contributed by atoms with E-state index in [0.717, 1.165) is 5.57 Å². The average Bonchev–Trinajstić information content (AvgIpc) is 3.17. The van der Waals surface area contributed by atoms with Crippen molar-refractivity contribution in [3.63, 3.8) is 0 Å². The summed E-state index contributed by atoms with van der Waals surface area (Å²) < 4.78 is 19.0. The van der Waals surface area contributed by atoms with Gasteiger partial charge < -0.3 is 19.0 Å². The van der Waals surface area contributed by atoms with Crippen LogP contribution in [0.4, 0.5) is 0 Å². The van der Waals surface area contributed by atoms with Gasteiger partial charge in [-0.05, 0) is 40.9 Å². The number of fused-ring (bicyclic) bond motifs is 1. The Morgan fingerprint density at radius 3 is 1.97 bits per heavy atom. The molecule has 0 saturated carbocycles. The van der Waals surface area contributed by atoms with Crippen LogP contribution in [-0.4, -0.2) is 44.1 Å². The number of hydrogen-bond donors (Lipinski definition) is 1. The Balaban J connectivity index is 1.72. The Hall–Kier alpha value is -1.76. The number of aliphatic hydroxyl groups is 1. The first-order valence-electron chi connectivity index (χ1n) is 10.6. The second kappa shape index (κ2) is 7.73. The molecule has 1 aliphatic heterocycles. The third-order valence-electron chi connectivity index (χ3n) is 6.09. The van der Waals surface area contributed by atoms with Crippen molar-refractivity contribution in [1.29, 1.82) is 0 Å². The van der Waals surface area contributed by atoms with E-state index >= 15 is 0 Å². The summed E-state index contributed by atoms with van der Waals surface area (Å²) in [6, 6.07) is 21.2. The van der Waals surface area contributed by atoms with Crippen LogP contribution in [0.5, 0.6) is 0 Å². The predicted octanol–water partition coefficient (Wildman–Crippen LogP) is 3.38. The van der Waals surface area contributed by atoms with E-state index in [-0.39, 0.29) is 17.2 Å². The quantitative estimate of drug-likeness (QED) is 0.590. The largest absolute Gasteiger partial charge is 0.403 e. The van der Waals surface area contributed by atoms with Gasteiger partial charge in [0, 0.05) is 0 Å². The fourth-order valence-corrected chi connectivity index (χ4v) is 9.36. The topological polar surface area (TPSA) is 47.9 Å². The van der Waals surface area contributed by atoms with Crippen LogP contribution < -0.4 is 10.4 Å². The van der Waals surface area contributed by atoms with Crippen molar-refractivity contribution in [3.05, 3.63) is 72.3 Å². The molecule has 1 aliphatic carbocycles. The van der Waals surface area contributed by atoms with E-state index in [1.807, 2.05) is 32.1 Å². The van der Waals surface area contributed by atoms with Crippen molar-refractivity contribution in [2.75, 3.05) is 6.61 Å². The smallest absolute Gasteiger partial charge is 0.261 e. The minimum atomic E-state index is -2.64. The Morgan fingerprint density at radius 1 is 0.933 bits per heavy atom. The summed E-state index contributed by atoms with van der Waals surface area (Å²) in [6.07, 6.45) is 0.544. The molecule has 1 fully saturated rings. The van der Waals surface area contributed by atoms with Gasteiger partial charge in [-0.15, -0.1) is 0 Å². The van der Waals surface area contributed by atoms with E-state index in [1.54, 1.807) is 0 Å². The van der Waals surface area contributed by atoms with Gasteiger partial charge >= 0.3 is 0 Å². The first-order chi connectivity index (χ1) is 14.1. The number of benzene rings is 2. The molecule has 2 unspecified atom stereocenters. The van der Waals surface area contributed by atoms with Crippen molar-refractivity contribution in [1.82, 2.24) is 0 Å². The van der Waals surface area contributed by atoms with Gasteiger partial charge in [0.15, 0.2) is 5.79 Å². The van der Waals surface area contributed by atoms with Gasteiger partial charge in [-0.1, -0.05) is 81.4 Å². The van der Waals surface area contributed by atoms with E-state index in [2.05, 4.69) is 69.3 Å². The summed E-state index contributed by atoms with van der Waals surface area (Å²) in [6.45, 7) is 11.0. The molecule has 2 aromatic rings. The van der Waals surface area contributed by atoms with Crippen molar-refractivity contribution >= 4 is 18.7 Å². The van der Waals surface area contributed by atoms with Crippen molar-refractivity contribution < 1.29 is 19.0 Å². The molecule has 1 saturated heterocycles. The molecule has 0 radical (unpaired) electrons. The van der Waals surface area contributed by atoms with E-state index in [9.17, 15) is 5.11 Å². The maximum Gasteiger partial charge on any atom is 0.261 e. The molecule has 1 N–H and O–H groups in total. The Labute approximate surface area is 180 Å². The highest BCUT2D eigenvalue weighted by Crippen LogP contribution is 2.41. The Kier molecular flexibility index (Phi) is 5.53. The number of hydrogen-bond acceptors (Lipinski definition) is 4. The lowest BCUT2D eigenvalue weighted by molar-refractivity contribution is -0.153. The average molecular weight is 425 g/mol. The second-order valence-electron chi connectivity index (χ2n) is 9.70. The summed E-state index contributed by atoms with van der Waals surface area (Å²) in [5.41, 5.74) is 0.964. The van der Waals surface area contributed by atoms with Gasteiger partial charge in [-0.3, -0.25) is 0 Å². The third-order valence-corrected chi connectivity index (χ3v) is 11.1. The van der Waals surface area contributed by atoms with E-state index in [0.29, 0.717) is 6.61 Å². The fourth-order valence-electron chi connectivity index (χ4n) is 4.82. The van der Waals surface area contributed by atoms with E-state index in [1.165, 1.54) is 10.4 Å². The summed E-state index contributed by atoms with van der Waals surface area (Å²) >= 11 is 0. The summed E-state index contributed by atoms with van der Waals surface area (Å²) in [4.78, 5) is 0. The van der Waals surface area contributed by atoms with Crippen molar-refractivity contribution in [2.45, 2.75) is 63.8 Å². The fraction of sp³-hybridized carbons (Fsp3) is 0.440. The number of rotatable bonds is 5. The van der Waals surface area contributed by atoms with Gasteiger partial charge in [0.05, 0.1) is 6.61 Å². The molecule has 0 aromatic heterocycles. The lowest BCUT2D eigenvalue weighted by Crippen LogP contribution is -2.66. The first kappa shape index (κ1) is 21.5. The number of ether oxygens (including phenoxy) is 2. The molecule has 2 aromatic carbocycles. The lowest BCUT2D eigenvalue weighted by atomic mass is 10.1. The molecule has 0 bridgehead atoms. The molecule has 4 rings (SSSR count). The molecule has 5 heteroatoms. The standard InChI is InChI=1S/C25H32O4Si/c1-24(2,3)30(19-12-8-6-9-13-19,20-14-10-7-11-15-20)27-17-18-16-21(26)23-22(18)28-25(4,5)29-23/h6-16,21-23,26H,17H2,1-5H3/t21-,22?,23?/m1/s1. The van der Waals surface area contributed by atoms with E-state index < -0.39 is 20.2 Å². The van der Waals surface area contributed by atoms with Crippen LogP contribution in [0.3, 0.4) is 0 Å². The Bertz CT molecular complexity index is 862. The summed E-state index contributed by atoms with van der Waals surface area (Å²) in [5, 5.41) is 12.9. The molecular formula is C25H32O4Si. The molecule has 4 nitrogen and oxygen atoms in total. The van der Waals surface area contributed by atoms with Crippen LogP contribution in [-0.2, 0) is 13.9 Å². The van der Waals surface area contributed by atoms with Crippen LogP contribution in [0.1, 0.15) is 34.6 Å². The molecule has 0 amide bonds. The molecular weight excluding hydrogens is 392 g/mol. The van der Waals surface area contributed by atoms with Crippen molar-refractivity contribution in [2.24, 2.45) is 0 Å². The van der Waals surface area contributed by atoms with Crippen LogP contribution >= 0.6 is 0 Å². The zero-order valence-electron chi connectivity index (χ0n) is 18.5. The SMILES string of the molecule is CC1(C)OC2C(CO[Si](c3ccccc3)(c3ccccc3)C(C)(C)C)=C[C@@H](O)C2O1. The van der Waals surface area contributed by atoms with Crippen molar-refractivity contribution in [3.8, 4) is 0 Å². The Morgan fingerprint density at radius 2 is 1.47 bits per heavy atom. The highest BCUT2D eigenvalue weighted by molar-refractivity contribution is 6.99. The van der Waals surface area contributed by atoms with Gasteiger partial charge in [-0.25, -0.2) is 0 Å². The van der Waals surface area contributed by atoms with Gasteiger partial charge in [0.1, 0.15) is 18.3 Å². The highest BCUT2D eigenvalue weighted by atomic mass is 28.4.